The molecule has 3 rings (SSSR count). The Kier molecular flexibility index (Phi) is 6.01. The summed E-state index contributed by atoms with van der Waals surface area (Å²) in [5.74, 6) is -1.50. The predicted molar refractivity (Wildman–Crippen MR) is 108 cm³/mol. The summed E-state index contributed by atoms with van der Waals surface area (Å²) >= 11 is 0. The number of carbonyl (C=O) groups excluding carboxylic acids is 2. The average Bonchev–Trinajstić information content (AvgIpc) is 3.15. The molecule has 2 amide bonds. The molecule has 1 aliphatic heterocycles. The van der Waals surface area contributed by atoms with E-state index < -0.39 is 33.2 Å². The minimum atomic E-state index is -3.66. The lowest BCUT2D eigenvalue weighted by molar-refractivity contribution is -0.133. The molecule has 2 fully saturated rings. The molecule has 1 N–H and O–H groups in total. The highest BCUT2D eigenvalue weighted by atomic mass is 32.2. The van der Waals surface area contributed by atoms with Crippen molar-refractivity contribution in [2.45, 2.75) is 58.0 Å². The number of nitrogens with zero attached hydrogens (tertiary/aromatic N) is 2. The van der Waals surface area contributed by atoms with Crippen LogP contribution in [-0.2, 0) is 19.6 Å². The number of aryl methyl sites for hydroxylation is 1. The van der Waals surface area contributed by atoms with Crippen LogP contribution in [0.5, 0.6) is 0 Å². The van der Waals surface area contributed by atoms with Gasteiger partial charge in [-0.3, -0.25) is 14.5 Å². The molecule has 0 bridgehead atoms. The first kappa shape index (κ1) is 21.7. The summed E-state index contributed by atoms with van der Waals surface area (Å²) in [6.45, 7) is 4.25. The topological polar surface area (TPSA) is 86.8 Å². The summed E-state index contributed by atoms with van der Waals surface area (Å²) in [5, 5.41) is 3.00. The van der Waals surface area contributed by atoms with E-state index in [9.17, 15) is 22.4 Å². The molecule has 2 aliphatic rings. The van der Waals surface area contributed by atoms with Gasteiger partial charge in [-0.25, -0.2) is 12.8 Å². The fraction of sp³-hybridized carbons (Fsp3) is 0.600. The van der Waals surface area contributed by atoms with Crippen LogP contribution in [0.2, 0.25) is 0 Å². The summed E-state index contributed by atoms with van der Waals surface area (Å²) in [7, 11) is -3.66. The van der Waals surface area contributed by atoms with Crippen LogP contribution in [0, 0.1) is 12.7 Å². The van der Waals surface area contributed by atoms with Gasteiger partial charge in [0.25, 0.3) is 0 Å². The molecular formula is C20H28FN3O4S. The van der Waals surface area contributed by atoms with Crippen molar-refractivity contribution in [3.63, 3.8) is 0 Å². The Balaban J connectivity index is 2.04. The van der Waals surface area contributed by atoms with E-state index in [1.807, 2.05) is 0 Å². The second-order valence-electron chi connectivity index (χ2n) is 8.06. The summed E-state index contributed by atoms with van der Waals surface area (Å²) in [6, 6.07) is 4.02. The third kappa shape index (κ3) is 4.16. The SMILES string of the molecule is CCS(=O)(=O)N1CC(=O)N(c2ccc(F)cc2C)[C@](C)(C(=O)NC2CCCC2)C1. The van der Waals surface area contributed by atoms with Crippen LogP contribution in [0.1, 0.15) is 45.1 Å². The number of anilines is 1. The number of hydrogen-bond acceptors (Lipinski definition) is 4. The maximum atomic E-state index is 13.6. The molecule has 0 radical (unpaired) electrons. The van der Waals surface area contributed by atoms with Gasteiger partial charge in [0.2, 0.25) is 21.8 Å². The van der Waals surface area contributed by atoms with Gasteiger partial charge in [-0.1, -0.05) is 12.8 Å². The Labute approximate surface area is 171 Å². The van der Waals surface area contributed by atoms with E-state index in [1.165, 1.54) is 30.0 Å². The van der Waals surface area contributed by atoms with Crippen LogP contribution in [0.25, 0.3) is 0 Å². The highest BCUT2D eigenvalue weighted by Gasteiger charge is 2.51. The molecule has 1 heterocycles. The van der Waals surface area contributed by atoms with Crippen LogP contribution >= 0.6 is 0 Å². The first-order chi connectivity index (χ1) is 13.6. The Morgan fingerprint density at radius 2 is 1.97 bits per heavy atom. The Bertz CT molecular complexity index is 914. The van der Waals surface area contributed by atoms with Gasteiger partial charge < -0.3 is 5.32 Å². The van der Waals surface area contributed by atoms with Crippen LogP contribution in [0.15, 0.2) is 18.2 Å². The van der Waals surface area contributed by atoms with Gasteiger partial charge in [0.1, 0.15) is 11.4 Å². The van der Waals surface area contributed by atoms with E-state index >= 15 is 0 Å². The highest BCUT2D eigenvalue weighted by Crippen LogP contribution is 2.33. The van der Waals surface area contributed by atoms with Crippen LogP contribution in [0.3, 0.4) is 0 Å². The second kappa shape index (κ2) is 8.02. The summed E-state index contributed by atoms with van der Waals surface area (Å²) in [5.41, 5.74) is -0.526. The maximum Gasteiger partial charge on any atom is 0.247 e. The molecule has 1 aromatic rings. The van der Waals surface area contributed by atoms with Crippen molar-refractivity contribution in [1.82, 2.24) is 9.62 Å². The molecule has 1 aromatic carbocycles. The lowest BCUT2D eigenvalue weighted by atomic mass is 9.93. The lowest BCUT2D eigenvalue weighted by Crippen LogP contribution is -2.71. The van der Waals surface area contributed by atoms with Gasteiger partial charge in [0.15, 0.2) is 0 Å². The zero-order chi connectivity index (χ0) is 21.4. The molecule has 7 nitrogen and oxygen atoms in total. The van der Waals surface area contributed by atoms with Gasteiger partial charge in [-0.2, -0.15) is 4.31 Å². The maximum absolute atomic E-state index is 13.6. The van der Waals surface area contributed by atoms with Gasteiger partial charge in [-0.05, 0) is 57.4 Å². The smallest absolute Gasteiger partial charge is 0.247 e. The summed E-state index contributed by atoms with van der Waals surface area (Å²) < 4.78 is 39.7. The first-order valence-corrected chi connectivity index (χ1v) is 11.6. The van der Waals surface area contributed by atoms with E-state index in [0.717, 1.165) is 30.0 Å². The Hall–Kier alpha value is -2.00. The van der Waals surface area contributed by atoms with E-state index in [0.29, 0.717) is 11.3 Å². The molecule has 29 heavy (non-hydrogen) atoms. The third-order valence-electron chi connectivity index (χ3n) is 5.88. The van der Waals surface area contributed by atoms with Crippen molar-refractivity contribution >= 4 is 27.5 Å². The third-order valence-corrected chi connectivity index (χ3v) is 7.65. The minimum Gasteiger partial charge on any atom is -0.351 e. The zero-order valence-electron chi connectivity index (χ0n) is 17.1. The second-order valence-corrected chi connectivity index (χ2v) is 10.3. The van der Waals surface area contributed by atoms with Crippen LogP contribution in [-0.4, -0.2) is 55.0 Å². The molecule has 1 atom stereocenters. The van der Waals surface area contributed by atoms with Crippen molar-refractivity contribution in [2.24, 2.45) is 0 Å². The van der Waals surface area contributed by atoms with E-state index in [2.05, 4.69) is 5.32 Å². The average molecular weight is 426 g/mol. The van der Waals surface area contributed by atoms with Crippen LogP contribution in [0.4, 0.5) is 10.1 Å². The first-order valence-electron chi connectivity index (χ1n) is 9.96. The molecule has 0 spiro atoms. The standard InChI is InChI=1S/C20H28FN3O4S/c1-4-29(27,28)23-12-18(25)24(17-10-9-15(21)11-14(17)2)20(3,13-23)19(26)22-16-7-5-6-8-16/h9-11,16H,4-8,12-13H2,1-3H3,(H,22,26)/t20-/m0/s1. The molecule has 1 aliphatic carbocycles. The van der Waals surface area contributed by atoms with Crippen molar-refractivity contribution in [3.05, 3.63) is 29.6 Å². The number of benzene rings is 1. The number of carbonyl (C=O) groups is 2. The Morgan fingerprint density at radius 3 is 2.55 bits per heavy atom. The number of hydrogen-bond donors (Lipinski definition) is 1. The number of sulfonamides is 1. The molecule has 0 unspecified atom stereocenters. The summed E-state index contributed by atoms with van der Waals surface area (Å²) in [6.07, 6.45) is 3.78. The van der Waals surface area contributed by atoms with E-state index in [1.54, 1.807) is 13.8 Å². The van der Waals surface area contributed by atoms with Gasteiger partial charge >= 0.3 is 0 Å². The lowest BCUT2D eigenvalue weighted by Gasteiger charge is -2.47. The number of rotatable bonds is 5. The molecule has 160 valence electrons. The van der Waals surface area contributed by atoms with E-state index in [-0.39, 0.29) is 24.9 Å². The Morgan fingerprint density at radius 1 is 1.31 bits per heavy atom. The molecule has 9 heteroatoms. The normalized spacial score (nSPS) is 24.1. The number of halogens is 1. The number of nitrogens with one attached hydrogen (secondary N) is 1. The predicted octanol–water partition coefficient (Wildman–Crippen LogP) is 1.95. The van der Waals surface area contributed by atoms with Crippen LogP contribution < -0.4 is 10.2 Å². The highest BCUT2D eigenvalue weighted by molar-refractivity contribution is 7.89. The zero-order valence-corrected chi connectivity index (χ0v) is 17.9. The number of piperazine rings is 1. The molecule has 0 aromatic heterocycles. The van der Waals surface area contributed by atoms with Crippen molar-refractivity contribution in [1.29, 1.82) is 0 Å². The molecule has 1 saturated heterocycles. The fourth-order valence-electron chi connectivity index (χ4n) is 4.20. The van der Waals surface area contributed by atoms with Crippen molar-refractivity contribution in [3.8, 4) is 0 Å². The summed E-state index contributed by atoms with van der Waals surface area (Å²) in [4.78, 5) is 27.8. The fourth-order valence-corrected chi connectivity index (χ4v) is 5.32. The van der Waals surface area contributed by atoms with Crippen molar-refractivity contribution < 1.29 is 22.4 Å². The monoisotopic (exact) mass is 425 g/mol. The molecule has 1 saturated carbocycles. The van der Waals surface area contributed by atoms with Crippen molar-refractivity contribution in [2.75, 3.05) is 23.7 Å². The molecular weight excluding hydrogens is 397 g/mol. The van der Waals surface area contributed by atoms with E-state index in [4.69, 9.17) is 0 Å². The minimum absolute atomic E-state index is 0.0174. The van der Waals surface area contributed by atoms with Gasteiger partial charge in [0, 0.05) is 18.3 Å². The van der Waals surface area contributed by atoms with Gasteiger partial charge in [0.05, 0.1) is 12.3 Å². The largest absolute Gasteiger partial charge is 0.351 e. The number of amides is 2. The van der Waals surface area contributed by atoms with Gasteiger partial charge in [-0.15, -0.1) is 0 Å². The quantitative estimate of drug-likeness (QED) is 0.781.